The fraction of sp³-hybridized carbons (Fsp3) is 0.750. The van der Waals surface area contributed by atoms with E-state index in [4.69, 9.17) is 10.5 Å². The van der Waals surface area contributed by atoms with Gasteiger partial charge in [-0.1, -0.05) is 0 Å². The van der Waals surface area contributed by atoms with E-state index in [0.29, 0.717) is 0 Å². The Kier molecular flexibility index (Phi) is 7.06. The van der Waals surface area contributed by atoms with Crippen LogP contribution in [0.15, 0.2) is 0 Å². The summed E-state index contributed by atoms with van der Waals surface area (Å²) in [7, 11) is 1.23. The van der Waals surface area contributed by atoms with Crippen molar-refractivity contribution in [2.75, 3.05) is 13.7 Å². The van der Waals surface area contributed by atoms with Crippen LogP contribution in [0.25, 0.3) is 0 Å². The number of hydrogen-bond donors (Lipinski definition) is 2. The average Bonchev–Trinajstić information content (AvgIpc) is 2.30. The van der Waals surface area contributed by atoms with Gasteiger partial charge in [0.05, 0.1) is 13.7 Å². The fourth-order valence-corrected chi connectivity index (χ4v) is 1.16. The summed E-state index contributed by atoms with van der Waals surface area (Å²) in [6.45, 7) is 5.03. The molecule has 0 aromatic heterocycles. The van der Waals surface area contributed by atoms with E-state index >= 15 is 0 Å². The van der Waals surface area contributed by atoms with Crippen LogP contribution in [0.2, 0.25) is 0 Å². The Labute approximate surface area is 112 Å². The molecule has 0 fully saturated rings. The third-order valence-electron chi connectivity index (χ3n) is 2.07. The minimum absolute atomic E-state index is 0.0893. The van der Waals surface area contributed by atoms with Crippen LogP contribution < -0.4 is 11.1 Å². The number of carbonyl (C=O) groups excluding carboxylic acids is 3. The van der Waals surface area contributed by atoms with Crippen molar-refractivity contribution in [3.8, 4) is 0 Å². The second kappa shape index (κ2) is 7.73. The molecule has 0 unspecified atom stereocenters. The Hall–Kier alpha value is -1.63. The zero-order chi connectivity index (χ0) is 15.1. The molecule has 0 rings (SSSR count). The van der Waals surface area contributed by atoms with Gasteiger partial charge in [0, 0.05) is 6.42 Å². The molecule has 0 aliphatic rings. The second-order valence-electron chi connectivity index (χ2n) is 5.06. The number of ether oxygens (including phenoxy) is 2. The maximum atomic E-state index is 11.5. The zero-order valence-electron chi connectivity index (χ0n) is 11.8. The summed E-state index contributed by atoms with van der Waals surface area (Å²) in [5.74, 6) is -0.793. The van der Waals surface area contributed by atoms with Crippen molar-refractivity contribution in [2.45, 2.75) is 45.3 Å². The summed E-state index contributed by atoms with van der Waals surface area (Å²) in [6, 6.07) is -0.824. The van der Waals surface area contributed by atoms with Crippen LogP contribution in [0, 0.1) is 0 Å². The molecule has 0 aliphatic carbocycles. The van der Waals surface area contributed by atoms with E-state index in [0.717, 1.165) is 0 Å². The molecule has 0 aliphatic heterocycles. The average molecular weight is 274 g/mol. The monoisotopic (exact) mass is 274 g/mol. The highest BCUT2D eigenvalue weighted by molar-refractivity contribution is 5.84. The van der Waals surface area contributed by atoms with Gasteiger partial charge in [-0.2, -0.15) is 0 Å². The molecule has 0 aromatic rings. The molecular weight excluding hydrogens is 252 g/mol. The van der Waals surface area contributed by atoms with Crippen LogP contribution in [-0.4, -0.2) is 43.1 Å². The highest BCUT2D eigenvalue weighted by Crippen LogP contribution is 2.06. The van der Waals surface area contributed by atoms with Crippen LogP contribution >= 0.6 is 0 Å². The van der Waals surface area contributed by atoms with Gasteiger partial charge in [0.2, 0.25) is 0 Å². The third kappa shape index (κ3) is 9.01. The fourth-order valence-electron chi connectivity index (χ4n) is 1.16. The summed E-state index contributed by atoms with van der Waals surface area (Å²) in [6.07, 6.45) is -0.383. The number of amides is 1. The SMILES string of the molecule is COC(=O)[C@@H](N)CCC(=O)CNC(=O)OC(C)(C)C. The van der Waals surface area contributed by atoms with E-state index in [1.54, 1.807) is 20.8 Å². The van der Waals surface area contributed by atoms with E-state index in [2.05, 4.69) is 10.1 Å². The number of esters is 1. The number of alkyl carbamates (subject to hydrolysis) is 1. The molecule has 0 heterocycles. The first-order chi connectivity index (χ1) is 8.65. The number of carbonyl (C=O) groups is 3. The van der Waals surface area contributed by atoms with Crippen molar-refractivity contribution in [1.82, 2.24) is 5.32 Å². The van der Waals surface area contributed by atoms with Crippen LogP contribution in [-0.2, 0) is 19.1 Å². The molecule has 7 heteroatoms. The highest BCUT2D eigenvalue weighted by Gasteiger charge is 2.18. The Morgan fingerprint density at radius 1 is 1.26 bits per heavy atom. The number of nitrogens with two attached hydrogens (primary N) is 1. The molecule has 3 N–H and O–H groups in total. The summed E-state index contributed by atoms with van der Waals surface area (Å²) < 4.78 is 9.40. The Morgan fingerprint density at radius 3 is 2.32 bits per heavy atom. The van der Waals surface area contributed by atoms with E-state index in [9.17, 15) is 14.4 Å². The molecule has 0 spiro atoms. The number of nitrogens with one attached hydrogen (secondary N) is 1. The van der Waals surface area contributed by atoms with Gasteiger partial charge in [0.25, 0.3) is 0 Å². The lowest BCUT2D eigenvalue weighted by Gasteiger charge is -2.19. The Morgan fingerprint density at radius 2 is 1.84 bits per heavy atom. The van der Waals surface area contributed by atoms with Gasteiger partial charge in [-0.15, -0.1) is 0 Å². The maximum Gasteiger partial charge on any atom is 0.408 e. The number of hydrogen-bond acceptors (Lipinski definition) is 6. The number of methoxy groups -OCH3 is 1. The van der Waals surface area contributed by atoms with Crippen LogP contribution in [0.5, 0.6) is 0 Å². The first kappa shape index (κ1) is 17.4. The lowest BCUT2D eigenvalue weighted by atomic mass is 10.1. The molecular formula is C12H22N2O5. The van der Waals surface area contributed by atoms with Gasteiger partial charge in [-0.25, -0.2) is 4.79 Å². The van der Waals surface area contributed by atoms with Crippen LogP contribution in [0.1, 0.15) is 33.6 Å². The molecule has 0 bridgehead atoms. The third-order valence-corrected chi connectivity index (χ3v) is 2.07. The maximum absolute atomic E-state index is 11.5. The lowest BCUT2D eigenvalue weighted by molar-refractivity contribution is -0.142. The van der Waals surface area contributed by atoms with Crippen LogP contribution in [0.4, 0.5) is 4.79 Å². The summed E-state index contributed by atoms with van der Waals surface area (Å²) in [4.78, 5) is 33.7. The lowest BCUT2D eigenvalue weighted by Crippen LogP contribution is -2.36. The molecule has 7 nitrogen and oxygen atoms in total. The van der Waals surface area contributed by atoms with Gasteiger partial charge < -0.3 is 20.5 Å². The predicted octanol–water partition coefficient (Wildman–Crippen LogP) is 0.361. The number of Topliss-reactive ketones (excluding diaryl/α,β-unsaturated/α-hetero) is 1. The van der Waals surface area contributed by atoms with E-state index < -0.39 is 23.7 Å². The molecule has 0 radical (unpaired) electrons. The van der Waals surface area contributed by atoms with Crippen molar-refractivity contribution in [1.29, 1.82) is 0 Å². The summed E-state index contributed by atoms with van der Waals surface area (Å²) >= 11 is 0. The normalized spacial score (nSPS) is 12.5. The van der Waals surface area contributed by atoms with Crippen molar-refractivity contribution >= 4 is 17.8 Å². The van der Waals surface area contributed by atoms with Crippen molar-refractivity contribution < 1.29 is 23.9 Å². The Bertz CT molecular complexity index is 336. The topological polar surface area (TPSA) is 108 Å². The van der Waals surface area contributed by atoms with Gasteiger partial charge in [0.15, 0.2) is 5.78 Å². The van der Waals surface area contributed by atoms with Crippen molar-refractivity contribution in [2.24, 2.45) is 5.73 Å². The Balaban J connectivity index is 3.88. The molecule has 1 atom stereocenters. The number of ketones is 1. The largest absolute Gasteiger partial charge is 0.468 e. The molecule has 1 amide bonds. The predicted molar refractivity (Wildman–Crippen MR) is 68.5 cm³/mol. The molecule has 0 saturated carbocycles. The number of rotatable bonds is 6. The van der Waals surface area contributed by atoms with E-state index in [1.165, 1.54) is 7.11 Å². The minimum Gasteiger partial charge on any atom is -0.468 e. The quantitative estimate of drug-likeness (QED) is 0.677. The van der Waals surface area contributed by atoms with E-state index in [1.807, 2.05) is 0 Å². The standard InChI is InChI=1S/C12H22N2O5/c1-12(2,3)19-11(17)14-7-8(15)5-6-9(13)10(16)18-4/h9H,5-7,13H2,1-4H3,(H,14,17)/t9-/m0/s1. The molecule has 110 valence electrons. The van der Waals surface area contributed by atoms with Gasteiger partial charge in [-0.3, -0.25) is 9.59 Å². The minimum atomic E-state index is -0.824. The first-order valence-corrected chi connectivity index (χ1v) is 5.97. The first-order valence-electron chi connectivity index (χ1n) is 5.97. The van der Waals surface area contributed by atoms with Gasteiger partial charge in [0.1, 0.15) is 11.6 Å². The van der Waals surface area contributed by atoms with Crippen molar-refractivity contribution in [3.05, 3.63) is 0 Å². The zero-order valence-corrected chi connectivity index (χ0v) is 11.8. The van der Waals surface area contributed by atoms with E-state index in [-0.39, 0.29) is 25.2 Å². The summed E-state index contributed by atoms with van der Waals surface area (Å²) in [5, 5.41) is 2.34. The summed E-state index contributed by atoms with van der Waals surface area (Å²) in [5.41, 5.74) is 4.87. The van der Waals surface area contributed by atoms with Gasteiger partial charge in [-0.05, 0) is 27.2 Å². The molecule has 19 heavy (non-hydrogen) atoms. The smallest absolute Gasteiger partial charge is 0.408 e. The molecule has 0 aromatic carbocycles. The second-order valence-corrected chi connectivity index (χ2v) is 5.06. The molecule has 0 saturated heterocycles. The van der Waals surface area contributed by atoms with Crippen molar-refractivity contribution in [3.63, 3.8) is 0 Å². The van der Waals surface area contributed by atoms with Crippen LogP contribution in [0.3, 0.4) is 0 Å². The highest BCUT2D eigenvalue weighted by atomic mass is 16.6. The van der Waals surface area contributed by atoms with Gasteiger partial charge >= 0.3 is 12.1 Å².